The lowest BCUT2D eigenvalue weighted by atomic mass is 10.2. The number of halogens is 1. The molecule has 1 fully saturated rings. The molecule has 1 atom stereocenters. The van der Waals surface area contributed by atoms with Gasteiger partial charge in [-0.2, -0.15) is 0 Å². The van der Waals surface area contributed by atoms with Crippen LogP contribution in [0.2, 0.25) is 5.02 Å². The standard InChI is InChI=1S/C17H21ClN4O2S/c1-2-15-20-21-17(22(15)10-14-7-4-8-24-14)25-11-16(23)19-13-6-3-5-12(18)9-13/h3,5-6,9,14H,2,4,7-8,10-11H2,1H3,(H,19,23). The zero-order valence-corrected chi connectivity index (χ0v) is 15.6. The third kappa shape index (κ3) is 4.96. The van der Waals surface area contributed by atoms with E-state index in [1.807, 2.05) is 6.07 Å². The van der Waals surface area contributed by atoms with E-state index in [1.54, 1.807) is 18.2 Å². The number of amides is 1. The molecule has 8 heteroatoms. The first-order valence-corrected chi connectivity index (χ1v) is 9.74. The minimum atomic E-state index is -0.100. The summed E-state index contributed by atoms with van der Waals surface area (Å²) in [6, 6.07) is 7.10. The number of carbonyl (C=O) groups is 1. The highest BCUT2D eigenvalue weighted by molar-refractivity contribution is 7.99. The molecule has 3 rings (SSSR count). The van der Waals surface area contributed by atoms with Crippen LogP contribution in [0.3, 0.4) is 0 Å². The zero-order valence-electron chi connectivity index (χ0n) is 14.1. The molecule has 1 aliphatic heterocycles. The van der Waals surface area contributed by atoms with Gasteiger partial charge in [0.05, 0.1) is 18.4 Å². The largest absolute Gasteiger partial charge is 0.376 e. The van der Waals surface area contributed by atoms with Gasteiger partial charge >= 0.3 is 0 Å². The normalized spacial score (nSPS) is 17.0. The molecule has 1 aromatic carbocycles. The number of aryl methyl sites for hydroxylation is 1. The van der Waals surface area contributed by atoms with Crippen molar-refractivity contribution in [3.63, 3.8) is 0 Å². The number of hydrogen-bond acceptors (Lipinski definition) is 5. The van der Waals surface area contributed by atoms with Crippen molar-refractivity contribution in [2.24, 2.45) is 0 Å². The molecule has 0 radical (unpaired) electrons. The van der Waals surface area contributed by atoms with Crippen molar-refractivity contribution in [1.82, 2.24) is 14.8 Å². The van der Waals surface area contributed by atoms with Crippen LogP contribution in [0.15, 0.2) is 29.4 Å². The van der Waals surface area contributed by atoms with Crippen molar-refractivity contribution in [3.8, 4) is 0 Å². The SMILES string of the molecule is CCc1nnc(SCC(=O)Nc2cccc(Cl)c2)n1CC1CCCO1. The van der Waals surface area contributed by atoms with Crippen molar-refractivity contribution in [3.05, 3.63) is 35.1 Å². The summed E-state index contributed by atoms with van der Waals surface area (Å²) in [5, 5.41) is 12.7. The van der Waals surface area contributed by atoms with Crippen LogP contribution in [0, 0.1) is 0 Å². The van der Waals surface area contributed by atoms with Crippen LogP contribution in [-0.2, 0) is 22.5 Å². The van der Waals surface area contributed by atoms with Gasteiger partial charge in [0.1, 0.15) is 5.82 Å². The van der Waals surface area contributed by atoms with Crippen LogP contribution >= 0.6 is 23.4 Å². The van der Waals surface area contributed by atoms with E-state index in [1.165, 1.54) is 11.8 Å². The molecule has 6 nitrogen and oxygen atoms in total. The van der Waals surface area contributed by atoms with Gasteiger partial charge in [0.25, 0.3) is 0 Å². The Morgan fingerprint density at radius 1 is 1.48 bits per heavy atom. The maximum absolute atomic E-state index is 12.2. The molecule has 0 saturated carbocycles. The number of anilines is 1. The van der Waals surface area contributed by atoms with Gasteiger partial charge in [-0.25, -0.2) is 0 Å². The lowest BCUT2D eigenvalue weighted by Gasteiger charge is -2.14. The smallest absolute Gasteiger partial charge is 0.234 e. The van der Waals surface area contributed by atoms with Crippen LogP contribution < -0.4 is 5.32 Å². The van der Waals surface area contributed by atoms with E-state index in [2.05, 4.69) is 27.0 Å². The van der Waals surface area contributed by atoms with E-state index in [-0.39, 0.29) is 17.8 Å². The molecule has 1 amide bonds. The molecule has 0 aliphatic carbocycles. The fourth-order valence-electron chi connectivity index (χ4n) is 2.76. The molecule has 25 heavy (non-hydrogen) atoms. The Morgan fingerprint density at radius 2 is 2.36 bits per heavy atom. The predicted octanol–water partition coefficient (Wildman–Crippen LogP) is 3.40. The first kappa shape index (κ1) is 18.2. The maximum Gasteiger partial charge on any atom is 0.234 e. The lowest BCUT2D eigenvalue weighted by Crippen LogP contribution is -2.19. The van der Waals surface area contributed by atoms with Crippen molar-refractivity contribution in [1.29, 1.82) is 0 Å². The molecular formula is C17H21ClN4O2S. The van der Waals surface area contributed by atoms with Crippen molar-refractivity contribution in [2.75, 3.05) is 17.7 Å². The second kappa shape index (κ2) is 8.69. The summed E-state index contributed by atoms with van der Waals surface area (Å²) in [6.45, 7) is 3.61. The van der Waals surface area contributed by atoms with Gasteiger partial charge < -0.3 is 14.6 Å². The number of nitrogens with zero attached hydrogens (tertiary/aromatic N) is 3. The van der Waals surface area contributed by atoms with Crippen molar-refractivity contribution < 1.29 is 9.53 Å². The van der Waals surface area contributed by atoms with E-state index in [0.717, 1.165) is 43.4 Å². The highest BCUT2D eigenvalue weighted by atomic mass is 35.5. The number of hydrogen-bond donors (Lipinski definition) is 1. The van der Waals surface area contributed by atoms with Gasteiger partial charge in [0.15, 0.2) is 5.16 Å². The molecule has 1 N–H and O–H groups in total. The average molecular weight is 381 g/mol. The molecule has 2 heterocycles. The Balaban J connectivity index is 1.60. The number of carbonyl (C=O) groups excluding carboxylic acids is 1. The molecule has 1 aromatic heterocycles. The Kier molecular flexibility index (Phi) is 6.34. The summed E-state index contributed by atoms with van der Waals surface area (Å²) >= 11 is 7.32. The summed E-state index contributed by atoms with van der Waals surface area (Å²) < 4.78 is 7.80. The number of benzene rings is 1. The van der Waals surface area contributed by atoms with E-state index in [0.29, 0.717) is 10.7 Å². The van der Waals surface area contributed by atoms with Gasteiger partial charge in [0.2, 0.25) is 5.91 Å². The highest BCUT2D eigenvalue weighted by Crippen LogP contribution is 2.22. The molecule has 1 unspecified atom stereocenters. The van der Waals surface area contributed by atoms with Crippen LogP contribution in [-0.4, -0.2) is 39.1 Å². The predicted molar refractivity (Wildman–Crippen MR) is 99.2 cm³/mol. The van der Waals surface area contributed by atoms with Gasteiger partial charge in [-0.15, -0.1) is 10.2 Å². The molecule has 0 bridgehead atoms. The second-order valence-corrected chi connectivity index (χ2v) is 7.22. The summed E-state index contributed by atoms with van der Waals surface area (Å²) in [4.78, 5) is 12.2. The average Bonchev–Trinajstić information content (AvgIpc) is 3.23. The molecule has 0 spiro atoms. The maximum atomic E-state index is 12.2. The Bertz CT molecular complexity index is 731. The number of ether oxygens (including phenoxy) is 1. The Hall–Kier alpha value is -1.57. The van der Waals surface area contributed by atoms with E-state index in [9.17, 15) is 4.79 Å². The monoisotopic (exact) mass is 380 g/mol. The first-order valence-electron chi connectivity index (χ1n) is 8.37. The van der Waals surface area contributed by atoms with Gasteiger partial charge in [-0.05, 0) is 31.0 Å². The number of nitrogens with one attached hydrogen (secondary N) is 1. The van der Waals surface area contributed by atoms with Crippen LogP contribution in [0.4, 0.5) is 5.69 Å². The molecule has 134 valence electrons. The fraction of sp³-hybridized carbons (Fsp3) is 0.471. The topological polar surface area (TPSA) is 69.0 Å². The van der Waals surface area contributed by atoms with Gasteiger partial charge in [-0.1, -0.05) is 36.4 Å². The van der Waals surface area contributed by atoms with E-state index < -0.39 is 0 Å². The Labute approximate surface area is 156 Å². The summed E-state index contributed by atoms with van der Waals surface area (Å²) in [5.41, 5.74) is 0.688. The molecule has 1 aliphatic rings. The first-order chi connectivity index (χ1) is 12.2. The van der Waals surface area contributed by atoms with E-state index in [4.69, 9.17) is 16.3 Å². The number of rotatable bonds is 7. The highest BCUT2D eigenvalue weighted by Gasteiger charge is 2.20. The lowest BCUT2D eigenvalue weighted by molar-refractivity contribution is -0.113. The van der Waals surface area contributed by atoms with Gasteiger partial charge in [-0.3, -0.25) is 4.79 Å². The number of aromatic nitrogens is 3. The molecule has 1 saturated heterocycles. The minimum Gasteiger partial charge on any atom is -0.376 e. The van der Waals surface area contributed by atoms with Crippen molar-refractivity contribution >= 4 is 35.0 Å². The second-order valence-electron chi connectivity index (χ2n) is 5.85. The van der Waals surface area contributed by atoms with Crippen LogP contribution in [0.5, 0.6) is 0 Å². The van der Waals surface area contributed by atoms with Crippen LogP contribution in [0.25, 0.3) is 0 Å². The minimum absolute atomic E-state index is 0.100. The summed E-state index contributed by atoms with van der Waals surface area (Å²) in [5.74, 6) is 1.09. The summed E-state index contributed by atoms with van der Waals surface area (Å²) in [6.07, 6.45) is 3.16. The van der Waals surface area contributed by atoms with Gasteiger partial charge in [0, 0.05) is 23.7 Å². The molecule has 2 aromatic rings. The molecular weight excluding hydrogens is 360 g/mol. The van der Waals surface area contributed by atoms with Crippen molar-refractivity contribution in [2.45, 2.75) is 44.0 Å². The third-order valence-corrected chi connectivity index (χ3v) is 5.16. The number of thioether (sulfide) groups is 1. The van der Waals surface area contributed by atoms with Crippen LogP contribution in [0.1, 0.15) is 25.6 Å². The summed E-state index contributed by atoms with van der Waals surface area (Å²) in [7, 11) is 0. The fourth-order valence-corrected chi connectivity index (χ4v) is 3.71. The Morgan fingerprint density at radius 3 is 3.08 bits per heavy atom. The van der Waals surface area contributed by atoms with E-state index >= 15 is 0 Å². The quantitative estimate of drug-likeness (QED) is 0.745. The zero-order chi connectivity index (χ0) is 17.6. The third-order valence-electron chi connectivity index (χ3n) is 3.96.